The molecule has 2 fully saturated rings. The Kier molecular flexibility index (Phi) is 5.99. The third kappa shape index (κ3) is 4.68. The molecule has 1 saturated heterocycles. The van der Waals surface area contributed by atoms with Crippen molar-refractivity contribution in [3.63, 3.8) is 0 Å². The van der Waals surface area contributed by atoms with E-state index < -0.39 is 21.8 Å². The van der Waals surface area contributed by atoms with Crippen molar-refractivity contribution >= 4 is 27.7 Å². The van der Waals surface area contributed by atoms with E-state index >= 15 is 0 Å². The van der Waals surface area contributed by atoms with Crippen molar-refractivity contribution in [1.29, 1.82) is 0 Å². The van der Waals surface area contributed by atoms with E-state index in [1.54, 1.807) is 0 Å². The number of amides is 3. The highest BCUT2D eigenvalue weighted by molar-refractivity contribution is 7.89. The van der Waals surface area contributed by atoms with E-state index in [2.05, 4.69) is 16.2 Å². The first-order valence-corrected chi connectivity index (χ1v) is 10.7. The highest BCUT2D eigenvalue weighted by Crippen LogP contribution is 2.37. The van der Waals surface area contributed by atoms with E-state index in [1.807, 2.05) is 6.92 Å². The fourth-order valence-corrected chi connectivity index (χ4v) is 4.60. The molecule has 1 heterocycles. The molecule has 28 heavy (non-hydrogen) atoms. The molecule has 0 bridgehead atoms. The first kappa shape index (κ1) is 20.3. The average Bonchev–Trinajstić information content (AvgIpc) is 3.17. The maximum atomic E-state index is 12.5. The van der Waals surface area contributed by atoms with Gasteiger partial charge in [-0.25, -0.2) is 8.42 Å². The lowest BCUT2D eigenvalue weighted by molar-refractivity contribution is -0.127. The molecule has 1 aromatic carbocycles. The lowest BCUT2D eigenvalue weighted by Crippen LogP contribution is -2.46. The topological polar surface area (TPSA) is 125 Å². The van der Waals surface area contributed by atoms with Gasteiger partial charge in [0, 0.05) is 24.6 Å². The maximum absolute atomic E-state index is 12.5. The summed E-state index contributed by atoms with van der Waals surface area (Å²) in [5, 5.41) is 2.52. The van der Waals surface area contributed by atoms with Crippen LogP contribution in [0.5, 0.6) is 0 Å². The summed E-state index contributed by atoms with van der Waals surface area (Å²) in [6, 6.07) is 5.53. The maximum Gasteiger partial charge on any atom is 0.269 e. The molecular weight excluding hydrogens is 384 g/mol. The van der Waals surface area contributed by atoms with Crippen molar-refractivity contribution in [3.8, 4) is 0 Å². The SMILES string of the molecule is C[C@H]1C[C@@H]1C(=O)NCC(=O)NNC(=O)c1ccc(S(=O)(=O)N2CCCC2)cc1. The van der Waals surface area contributed by atoms with Crippen LogP contribution in [0.1, 0.15) is 36.5 Å². The van der Waals surface area contributed by atoms with Crippen LogP contribution in [0.15, 0.2) is 29.2 Å². The van der Waals surface area contributed by atoms with Gasteiger partial charge in [0.2, 0.25) is 15.9 Å². The summed E-state index contributed by atoms with van der Waals surface area (Å²) in [4.78, 5) is 35.6. The monoisotopic (exact) mass is 408 g/mol. The smallest absolute Gasteiger partial charge is 0.269 e. The van der Waals surface area contributed by atoms with Crippen molar-refractivity contribution in [2.24, 2.45) is 11.8 Å². The van der Waals surface area contributed by atoms with Crippen molar-refractivity contribution in [2.75, 3.05) is 19.6 Å². The molecule has 3 rings (SSSR count). The number of carbonyl (C=O) groups excluding carboxylic acids is 3. The van der Waals surface area contributed by atoms with Crippen LogP contribution >= 0.6 is 0 Å². The fraction of sp³-hybridized carbons (Fsp3) is 0.500. The summed E-state index contributed by atoms with van der Waals surface area (Å²) in [6.45, 7) is 2.75. The molecule has 0 spiro atoms. The lowest BCUT2D eigenvalue weighted by Gasteiger charge is -2.15. The average molecular weight is 408 g/mol. The minimum atomic E-state index is -3.54. The second-order valence-electron chi connectivity index (χ2n) is 7.18. The molecule has 1 aliphatic carbocycles. The first-order chi connectivity index (χ1) is 13.3. The van der Waals surface area contributed by atoms with Gasteiger partial charge in [-0.3, -0.25) is 25.2 Å². The van der Waals surface area contributed by atoms with Gasteiger partial charge in [0.1, 0.15) is 0 Å². The zero-order valence-electron chi connectivity index (χ0n) is 15.6. The van der Waals surface area contributed by atoms with Crippen LogP contribution in [0, 0.1) is 11.8 Å². The molecule has 1 aromatic rings. The van der Waals surface area contributed by atoms with Crippen molar-refractivity contribution in [3.05, 3.63) is 29.8 Å². The normalized spacial score (nSPS) is 21.8. The second-order valence-corrected chi connectivity index (χ2v) is 9.11. The van der Waals surface area contributed by atoms with Crippen LogP contribution in [-0.2, 0) is 19.6 Å². The third-order valence-corrected chi connectivity index (χ3v) is 6.92. The van der Waals surface area contributed by atoms with E-state index in [1.165, 1.54) is 28.6 Å². The number of sulfonamides is 1. The molecule has 0 aromatic heterocycles. The van der Waals surface area contributed by atoms with Crippen LogP contribution in [0.2, 0.25) is 0 Å². The summed E-state index contributed by atoms with van der Waals surface area (Å²) in [5.74, 6) is -0.981. The summed E-state index contributed by atoms with van der Waals surface area (Å²) in [6.07, 6.45) is 2.52. The van der Waals surface area contributed by atoms with Gasteiger partial charge >= 0.3 is 0 Å². The highest BCUT2D eigenvalue weighted by Gasteiger charge is 2.39. The molecule has 10 heteroatoms. The minimum absolute atomic E-state index is 0.0299. The van der Waals surface area contributed by atoms with Crippen LogP contribution in [0.4, 0.5) is 0 Å². The summed E-state index contributed by atoms with van der Waals surface area (Å²) in [7, 11) is -3.54. The number of hydrogen-bond acceptors (Lipinski definition) is 5. The van der Waals surface area contributed by atoms with E-state index in [0.29, 0.717) is 19.0 Å². The largest absolute Gasteiger partial charge is 0.347 e. The van der Waals surface area contributed by atoms with Gasteiger partial charge in [0.25, 0.3) is 11.8 Å². The van der Waals surface area contributed by atoms with E-state index in [0.717, 1.165) is 19.3 Å². The Morgan fingerprint density at radius 2 is 1.68 bits per heavy atom. The number of benzene rings is 1. The standard InChI is InChI=1S/C18H24N4O5S/c1-12-10-15(12)18(25)19-11-16(23)20-21-17(24)13-4-6-14(7-5-13)28(26,27)22-8-2-3-9-22/h4-7,12,15H,2-3,8-11H2,1H3,(H,19,25)(H,20,23)(H,21,24)/t12-,15-/m0/s1. The van der Waals surface area contributed by atoms with Gasteiger partial charge < -0.3 is 5.32 Å². The van der Waals surface area contributed by atoms with Crippen molar-refractivity contribution in [1.82, 2.24) is 20.5 Å². The summed E-state index contributed by atoms with van der Waals surface area (Å²) < 4.78 is 26.4. The molecule has 9 nitrogen and oxygen atoms in total. The Balaban J connectivity index is 1.47. The van der Waals surface area contributed by atoms with Crippen LogP contribution in [0.25, 0.3) is 0 Å². The molecule has 1 aliphatic heterocycles. The Morgan fingerprint density at radius 3 is 2.25 bits per heavy atom. The molecule has 1 saturated carbocycles. The Morgan fingerprint density at radius 1 is 1.07 bits per heavy atom. The summed E-state index contributed by atoms with van der Waals surface area (Å²) in [5.41, 5.74) is 4.66. The Hall–Kier alpha value is -2.46. The predicted molar refractivity (Wildman–Crippen MR) is 100 cm³/mol. The van der Waals surface area contributed by atoms with Gasteiger partial charge in [-0.15, -0.1) is 0 Å². The second kappa shape index (κ2) is 8.27. The number of hydrazine groups is 1. The molecule has 2 aliphatic rings. The van der Waals surface area contributed by atoms with E-state index in [-0.39, 0.29) is 28.8 Å². The van der Waals surface area contributed by atoms with Gasteiger partial charge in [-0.2, -0.15) is 4.31 Å². The van der Waals surface area contributed by atoms with Crippen molar-refractivity contribution in [2.45, 2.75) is 31.1 Å². The molecule has 2 atom stereocenters. The van der Waals surface area contributed by atoms with Gasteiger partial charge in [0.15, 0.2) is 0 Å². The number of nitrogens with one attached hydrogen (secondary N) is 3. The van der Waals surface area contributed by atoms with Crippen LogP contribution in [0.3, 0.4) is 0 Å². The molecule has 3 amide bonds. The molecule has 0 unspecified atom stereocenters. The number of carbonyl (C=O) groups is 3. The quantitative estimate of drug-likeness (QED) is 0.572. The first-order valence-electron chi connectivity index (χ1n) is 9.26. The van der Waals surface area contributed by atoms with E-state index in [4.69, 9.17) is 0 Å². The molecule has 0 radical (unpaired) electrons. The van der Waals surface area contributed by atoms with E-state index in [9.17, 15) is 22.8 Å². The summed E-state index contributed by atoms with van der Waals surface area (Å²) >= 11 is 0. The lowest BCUT2D eigenvalue weighted by atomic mass is 10.2. The zero-order valence-corrected chi connectivity index (χ0v) is 16.4. The van der Waals surface area contributed by atoms with Crippen LogP contribution < -0.4 is 16.2 Å². The van der Waals surface area contributed by atoms with Gasteiger partial charge in [0.05, 0.1) is 11.4 Å². The highest BCUT2D eigenvalue weighted by atomic mass is 32.2. The van der Waals surface area contributed by atoms with Gasteiger partial charge in [-0.1, -0.05) is 6.92 Å². The number of rotatable bonds is 6. The third-order valence-electron chi connectivity index (χ3n) is 5.00. The van der Waals surface area contributed by atoms with Gasteiger partial charge in [-0.05, 0) is 49.4 Å². The minimum Gasteiger partial charge on any atom is -0.347 e. The molecule has 152 valence electrons. The number of hydrogen-bond donors (Lipinski definition) is 3. The van der Waals surface area contributed by atoms with Crippen molar-refractivity contribution < 1.29 is 22.8 Å². The Labute approximate surface area is 163 Å². The molecular formula is C18H24N4O5S. The Bertz CT molecular complexity index is 862. The zero-order chi connectivity index (χ0) is 20.3. The predicted octanol–water partition coefficient (Wildman–Crippen LogP) is 0.00430. The number of nitrogens with zero attached hydrogens (tertiary/aromatic N) is 1. The molecule has 3 N–H and O–H groups in total. The fourth-order valence-electron chi connectivity index (χ4n) is 3.08. The van der Waals surface area contributed by atoms with Crippen LogP contribution in [-0.4, -0.2) is 50.1 Å².